The second kappa shape index (κ2) is 7.09. The molecule has 3 N–H and O–H groups in total. The van der Waals surface area contributed by atoms with Crippen LogP contribution in [-0.4, -0.2) is 19.0 Å². The molecular weight excluding hydrogens is 318 g/mol. The molecule has 6 heteroatoms. The minimum atomic E-state index is -0.647. The van der Waals surface area contributed by atoms with E-state index in [0.717, 1.165) is 5.56 Å². The van der Waals surface area contributed by atoms with Crippen molar-refractivity contribution in [3.8, 4) is 5.75 Å². The van der Waals surface area contributed by atoms with Crippen molar-refractivity contribution in [1.29, 1.82) is 0 Å². The molecule has 2 aromatic carbocycles. The number of methoxy groups -OCH3 is 1. The maximum Gasteiger partial charge on any atom is 0.319 e. The lowest BCUT2D eigenvalue weighted by atomic mass is 9.88. The fourth-order valence-electron chi connectivity index (χ4n) is 2.82. The smallest absolute Gasteiger partial charge is 0.319 e. The minimum absolute atomic E-state index is 0.246. The molecule has 2 unspecified atom stereocenters. The van der Waals surface area contributed by atoms with Gasteiger partial charge >= 0.3 is 6.03 Å². The Morgan fingerprint density at radius 1 is 1.12 bits per heavy atom. The number of ether oxygens (including phenoxy) is 1. The predicted octanol–water partition coefficient (Wildman–Crippen LogP) is 2.82. The van der Waals surface area contributed by atoms with Crippen molar-refractivity contribution in [2.24, 2.45) is 5.92 Å². The summed E-state index contributed by atoms with van der Waals surface area (Å²) in [5.74, 6) is -0.191. The molecule has 2 atom stereocenters. The van der Waals surface area contributed by atoms with Gasteiger partial charge in [0.05, 0.1) is 13.2 Å². The molecule has 3 amide bonds. The Hall–Kier alpha value is -3.28. The number of anilines is 1. The Morgan fingerprint density at radius 3 is 2.44 bits per heavy atom. The SMILES string of the molecule is C=C1NC(=O)NC(c2ccc(OC)cc2)C1C(=O)Nc1ccccc1. The fourth-order valence-corrected chi connectivity index (χ4v) is 2.82. The number of carbonyl (C=O) groups is 2. The zero-order chi connectivity index (χ0) is 17.8. The van der Waals surface area contributed by atoms with Gasteiger partial charge in [-0.25, -0.2) is 4.79 Å². The van der Waals surface area contributed by atoms with Crippen LogP contribution in [0.25, 0.3) is 0 Å². The molecular formula is C19H19N3O3. The van der Waals surface area contributed by atoms with E-state index in [1.54, 1.807) is 31.4 Å². The maximum atomic E-state index is 12.8. The molecule has 0 bridgehead atoms. The minimum Gasteiger partial charge on any atom is -0.497 e. The number of nitrogens with one attached hydrogen (secondary N) is 3. The van der Waals surface area contributed by atoms with Gasteiger partial charge in [0.1, 0.15) is 11.7 Å². The molecule has 128 valence electrons. The summed E-state index contributed by atoms with van der Waals surface area (Å²) in [4.78, 5) is 24.7. The number of rotatable bonds is 4. The third-order valence-corrected chi connectivity index (χ3v) is 4.07. The van der Waals surface area contributed by atoms with E-state index in [1.807, 2.05) is 30.3 Å². The summed E-state index contributed by atoms with van der Waals surface area (Å²) < 4.78 is 5.16. The van der Waals surface area contributed by atoms with E-state index < -0.39 is 12.0 Å². The van der Waals surface area contributed by atoms with Gasteiger partial charge in [0, 0.05) is 11.4 Å². The molecule has 25 heavy (non-hydrogen) atoms. The van der Waals surface area contributed by atoms with Crippen LogP contribution in [0, 0.1) is 5.92 Å². The van der Waals surface area contributed by atoms with Gasteiger partial charge in [-0.2, -0.15) is 0 Å². The molecule has 0 radical (unpaired) electrons. The first-order valence-corrected chi connectivity index (χ1v) is 7.84. The Balaban J connectivity index is 1.88. The van der Waals surface area contributed by atoms with Gasteiger partial charge in [-0.3, -0.25) is 4.79 Å². The van der Waals surface area contributed by atoms with E-state index in [4.69, 9.17) is 4.74 Å². The summed E-state index contributed by atoms with van der Waals surface area (Å²) in [6.07, 6.45) is 0. The van der Waals surface area contributed by atoms with Gasteiger partial charge < -0.3 is 20.7 Å². The zero-order valence-corrected chi connectivity index (χ0v) is 13.8. The normalized spacial score (nSPS) is 19.6. The van der Waals surface area contributed by atoms with Crippen LogP contribution in [0.1, 0.15) is 11.6 Å². The lowest BCUT2D eigenvalue weighted by Gasteiger charge is -2.34. The van der Waals surface area contributed by atoms with E-state index in [0.29, 0.717) is 17.1 Å². The van der Waals surface area contributed by atoms with Crippen molar-refractivity contribution >= 4 is 17.6 Å². The third kappa shape index (κ3) is 3.63. The van der Waals surface area contributed by atoms with Crippen LogP contribution in [0.3, 0.4) is 0 Å². The summed E-state index contributed by atoms with van der Waals surface area (Å²) >= 11 is 0. The quantitative estimate of drug-likeness (QED) is 0.803. The molecule has 0 aliphatic carbocycles. The van der Waals surface area contributed by atoms with E-state index in [1.165, 1.54) is 0 Å². The molecule has 1 heterocycles. The Morgan fingerprint density at radius 2 is 1.80 bits per heavy atom. The molecule has 0 spiro atoms. The van der Waals surface area contributed by atoms with E-state index in [9.17, 15) is 9.59 Å². The number of amides is 3. The van der Waals surface area contributed by atoms with Gasteiger partial charge in [-0.05, 0) is 29.8 Å². The number of benzene rings is 2. The van der Waals surface area contributed by atoms with Gasteiger partial charge in [0.25, 0.3) is 0 Å². The molecule has 1 fully saturated rings. The first kappa shape index (κ1) is 16.6. The average Bonchev–Trinajstić information content (AvgIpc) is 2.62. The largest absolute Gasteiger partial charge is 0.497 e. The monoisotopic (exact) mass is 337 g/mol. The second-order valence-electron chi connectivity index (χ2n) is 5.71. The highest BCUT2D eigenvalue weighted by Crippen LogP contribution is 2.31. The Kier molecular flexibility index (Phi) is 4.70. The van der Waals surface area contributed by atoms with Gasteiger partial charge in [-0.15, -0.1) is 0 Å². The average molecular weight is 337 g/mol. The number of carbonyl (C=O) groups excluding carboxylic acids is 2. The van der Waals surface area contributed by atoms with E-state index in [-0.39, 0.29) is 11.9 Å². The van der Waals surface area contributed by atoms with Crippen LogP contribution >= 0.6 is 0 Å². The lowest BCUT2D eigenvalue weighted by Crippen LogP contribution is -2.51. The third-order valence-electron chi connectivity index (χ3n) is 4.07. The molecule has 0 aromatic heterocycles. The fraction of sp³-hybridized carbons (Fsp3) is 0.158. The summed E-state index contributed by atoms with van der Waals surface area (Å²) in [7, 11) is 1.58. The van der Waals surface area contributed by atoms with Crippen LogP contribution in [0.5, 0.6) is 5.75 Å². The Labute approximate surface area is 145 Å². The van der Waals surface area contributed by atoms with Gasteiger partial charge in [0.15, 0.2) is 0 Å². The van der Waals surface area contributed by atoms with Crippen LogP contribution in [0.4, 0.5) is 10.5 Å². The summed E-state index contributed by atoms with van der Waals surface area (Å²) in [6, 6.07) is 15.5. The van der Waals surface area contributed by atoms with Crippen molar-refractivity contribution in [3.05, 3.63) is 72.4 Å². The Bertz CT molecular complexity index is 787. The standard InChI is InChI=1S/C19H19N3O3/c1-12-16(18(23)21-14-6-4-3-5-7-14)17(22-19(24)20-12)13-8-10-15(25-2)11-9-13/h3-11,16-17H,1H2,2H3,(H,21,23)(H2,20,22,24). The highest BCUT2D eigenvalue weighted by molar-refractivity contribution is 5.97. The number of hydrogen-bond donors (Lipinski definition) is 3. The van der Waals surface area contributed by atoms with Crippen molar-refractivity contribution in [2.45, 2.75) is 6.04 Å². The van der Waals surface area contributed by atoms with Gasteiger partial charge in [0.2, 0.25) is 5.91 Å². The molecule has 6 nitrogen and oxygen atoms in total. The number of urea groups is 1. The molecule has 3 rings (SSSR count). The number of para-hydroxylation sites is 1. The summed E-state index contributed by atoms with van der Waals surface area (Å²) in [6.45, 7) is 3.86. The molecule has 1 saturated heterocycles. The van der Waals surface area contributed by atoms with Crippen LogP contribution in [-0.2, 0) is 4.79 Å². The van der Waals surface area contributed by atoms with Crippen molar-refractivity contribution in [1.82, 2.24) is 10.6 Å². The first-order chi connectivity index (χ1) is 12.1. The summed E-state index contributed by atoms with van der Waals surface area (Å²) in [5, 5.41) is 8.26. The van der Waals surface area contributed by atoms with Crippen LogP contribution in [0.15, 0.2) is 66.9 Å². The highest BCUT2D eigenvalue weighted by Gasteiger charge is 2.37. The maximum absolute atomic E-state index is 12.8. The van der Waals surface area contributed by atoms with E-state index in [2.05, 4.69) is 22.5 Å². The predicted molar refractivity (Wildman–Crippen MR) is 95.1 cm³/mol. The summed E-state index contributed by atoms with van der Waals surface area (Å²) in [5.41, 5.74) is 1.84. The second-order valence-corrected chi connectivity index (χ2v) is 5.71. The molecule has 2 aromatic rings. The number of hydrogen-bond acceptors (Lipinski definition) is 3. The van der Waals surface area contributed by atoms with Crippen molar-refractivity contribution in [3.63, 3.8) is 0 Å². The molecule has 1 aliphatic heterocycles. The molecule has 1 aliphatic rings. The first-order valence-electron chi connectivity index (χ1n) is 7.84. The lowest BCUT2D eigenvalue weighted by molar-refractivity contribution is -0.119. The van der Waals surface area contributed by atoms with Crippen LogP contribution < -0.4 is 20.7 Å². The van der Waals surface area contributed by atoms with Crippen LogP contribution in [0.2, 0.25) is 0 Å². The zero-order valence-electron chi connectivity index (χ0n) is 13.8. The topological polar surface area (TPSA) is 79.5 Å². The van der Waals surface area contributed by atoms with Gasteiger partial charge in [-0.1, -0.05) is 36.9 Å². The van der Waals surface area contributed by atoms with E-state index >= 15 is 0 Å². The molecule has 0 saturated carbocycles. The van der Waals surface area contributed by atoms with Crippen molar-refractivity contribution in [2.75, 3.05) is 12.4 Å². The van der Waals surface area contributed by atoms with Crippen molar-refractivity contribution < 1.29 is 14.3 Å². The highest BCUT2D eigenvalue weighted by atomic mass is 16.5.